The zero-order valence-corrected chi connectivity index (χ0v) is 16.7. The van der Waals surface area contributed by atoms with Gasteiger partial charge in [-0.25, -0.2) is 13.1 Å². The van der Waals surface area contributed by atoms with Crippen molar-refractivity contribution in [3.05, 3.63) is 34.4 Å². The third kappa shape index (κ3) is 6.42. The van der Waals surface area contributed by atoms with E-state index in [4.69, 9.17) is 0 Å². The summed E-state index contributed by atoms with van der Waals surface area (Å²) in [5.74, 6) is -0.0769. The Balaban J connectivity index is 0.00000364. The zero-order chi connectivity index (χ0) is 19.2. The van der Waals surface area contributed by atoms with Crippen LogP contribution in [0.5, 0.6) is 0 Å². The van der Waals surface area contributed by atoms with Crippen LogP contribution in [0.15, 0.2) is 29.2 Å². The molecule has 152 valence electrons. The first-order valence-electron chi connectivity index (χ1n) is 8.59. The first-order chi connectivity index (χ1) is 12.3. The molecule has 1 fully saturated rings. The van der Waals surface area contributed by atoms with Gasteiger partial charge in [-0.2, -0.15) is 0 Å². The summed E-state index contributed by atoms with van der Waals surface area (Å²) in [6.07, 6.45) is 1.82. The fourth-order valence-electron chi connectivity index (χ4n) is 2.92. The van der Waals surface area contributed by atoms with Crippen molar-refractivity contribution in [3.8, 4) is 0 Å². The van der Waals surface area contributed by atoms with E-state index in [9.17, 15) is 23.3 Å². The zero-order valence-electron chi connectivity index (χ0n) is 15.1. The van der Waals surface area contributed by atoms with Gasteiger partial charge in [0.05, 0.1) is 9.82 Å². The lowest BCUT2D eigenvalue weighted by atomic mass is 10.2. The number of carbonyl (C=O) groups is 1. The maximum absolute atomic E-state index is 12.5. The molecule has 0 aliphatic carbocycles. The normalized spacial score (nSPS) is 16.6. The molecule has 1 unspecified atom stereocenters. The number of hydrogen-bond donors (Lipinski definition) is 2. The molecule has 1 atom stereocenters. The van der Waals surface area contributed by atoms with E-state index in [1.165, 1.54) is 12.1 Å². The monoisotopic (exact) mass is 420 g/mol. The van der Waals surface area contributed by atoms with Crippen molar-refractivity contribution >= 4 is 34.0 Å². The Hall–Kier alpha value is -1.75. The molecule has 1 amide bonds. The summed E-state index contributed by atoms with van der Waals surface area (Å²) < 4.78 is 26.8. The largest absolute Gasteiger partial charge is 0.338 e. The molecule has 9 nitrogen and oxygen atoms in total. The van der Waals surface area contributed by atoms with Crippen LogP contribution in [0.4, 0.5) is 5.69 Å². The molecular weight excluding hydrogens is 396 g/mol. The number of non-ortho nitro benzene ring substituents is 1. The van der Waals surface area contributed by atoms with Crippen LogP contribution in [0.2, 0.25) is 0 Å². The van der Waals surface area contributed by atoms with E-state index in [2.05, 4.69) is 10.0 Å². The predicted octanol–water partition coefficient (Wildman–Crippen LogP) is 1.29. The molecule has 1 aromatic rings. The number of rotatable bonds is 9. The van der Waals surface area contributed by atoms with Gasteiger partial charge in [0.15, 0.2) is 0 Å². The highest BCUT2D eigenvalue weighted by Crippen LogP contribution is 2.16. The maximum atomic E-state index is 12.5. The Labute approximate surface area is 165 Å². The lowest BCUT2D eigenvalue weighted by molar-refractivity contribution is -0.384. The number of nitro groups is 1. The Morgan fingerprint density at radius 2 is 2.04 bits per heavy atom. The molecule has 0 saturated carbocycles. The number of nitro benzene ring substituents is 1. The summed E-state index contributed by atoms with van der Waals surface area (Å²) in [7, 11) is -3.81. The molecule has 27 heavy (non-hydrogen) atoms. The van der Waals surface area contributed by atoms with Gasteiger partial charge in [-0.3, -0.25) is 14.9 Å². The van der Waals surface area contributed by atoms with Gasteiger partial charge < -0.3 is 10.2 Å². The minimum absolute atomic E-state index is 0. The SMILES string of the molecule is CCCN(C(=O)CCNS(=O)(=O)c1ccc([N+](=O)[O-])cc1)C1CCNC1.Cl. The van der Waals surface area contributed by atoms with E-state index in [0.29, 0.717) is 6.54 Å². The van der Waals surface area contributed by atoms with E-state index in [0.717, 1.165) is 38.1 Å². The van der Waals surface area contributed by atoms with Gasteiger partial charge in [0.1, 0.15) is 0 Å². The average Bonchev–Trinajstić information content (AvgIpc) is 3.13. The number of halogens is 1. The summed E-state index contributed by atoms with van der Waals surface area (Å²) in [5, 5.41) is 13.9. The number of benzene rings is 1. The van der Waals surface area contributed by atoms with Crippen LogP contribution in [0, 0.1) is 10.1 Å². The van der Waals surface area contributed by atoms with Crippen molar-refractivity contribution in [2.75, 3.05) is 26.2 Å². The van der Waals surface area contributed by atoms with Crippen molar-refractivity contribution in [2.24, 2.45) is 0 Å². The quantitative estimate of drug-likeness (QED) is 0.458. The molecule has 1 aliphatic rings. The van der Waals surface area contributed by atoms with Gasteiger partial charge in [-0.15, -0.1) is 12.4 Å². The average molecular weight is 421 g/mol. The first-order valence-corrected chi connectivity index (χ1v) is 10.1. The Bertz CT molecular complexity index is 736. The molecule has 11 heteroatoms. The first kappa shape index (κ1) is 23.3. The van der Waals surface area contributed by atoms with Gasteiger partial charge in [-0.05, 0) is 31.5 Å². The van der Waals surface area contributed by atoms with Crippen molar-refractivity contribution in [2.45, 2.75) is 37.1 Å². The minimum atomic E-state index is -3.81. The molecule has 2 rings (SSSR count). The molecule has 2 N–H and O–H groups in total. The predicted molar refractivity (Wildman–Crippen MR) is 103 cm³/mol. The van der Waals surface area contributed by atoms with Crippen LogP contribution >= 0.6 is 12.4 Å². The molecular formula is C16H25ClN4O5S. The van der Waals surface area contributed by atoms with Crippen LogP contribution < -0.4 is 10.0 Å². The van der Waals surface area contributed by atoms with Gasteiger partial charge >= 0.3 is 0 Å². The van der Waals surface area contributed by atoms with Crippen LogP contribution in [0.3, 0.4) is 0 Å². The third-order valence-corrected chi connectivity index (χ3v) is 5.73. The molecule has 1 aliphatic heterocycles. The summed E-state index contributed by atoms with van der Waals surface area (Å²) in [5.41, 5.74) is -0.181. The molecule has 0 bridgehead atoms. The van der Waals surface area contributed by atoms with Crippen LogP contribution in [-0.4, -0.2) is 56.4 Å². The number of carbonyl (C=O) groups excluding carboxylic acids is 1. The van der Waals surface area contributed by atoms with Gasteiger partial charge in [0, 0.05) is 44.2 Å². The molecule has 1 heterocycles. The Kier molecular flexibility index (Phi) is 9.10. The van der Waals surface area contributed by atoms with E-state index >= 15 is 0 Å². The number of nitrogens with zero attached hydrogens (tertiary/aromatic N) is 2. The van der Waals surface area contributed by atoms with Crippen LogP contribution in [0.1, 0.15) is 26.2 Å². The van der Waals surface area contributed by atoms with Crippen molar-refractivity contribution in [1.82, 2.24) is 14.9 Å². The molecule has 0 spiro atoms. The van der Waals surface area contributed by atoms with Crippen molar-refractivity contribution < 1.29 is 18.1 Å². The number of hydrogen-bond acceptors (Lipinski definition) is 6. The molecule has 0 aromatic heterocycles. The minimum Gasteiger partial charge on any atom is -0.338 e. The summed E-state index contributed by atoms with van der Waals surface area (Å²) in [6, 6.07) is 4.78. The van der Waals surface area contributed by atoms with E-state index in [-0.39, 0.29) is 47.9 Å². The molecule has 1 aromatic carbocycles. The van der Waals surface area contributed by atoms with Crippen LogP contribution in [-0.2, 0) is 14.8 Å². The second-order valence-electron chi connectivity index (χ2n) is 6.13. The fraction of sp³-hybridized carbons (Fsp3) is 0.562. The number of sulfonamides is 1. The number of nitrogens with one attached hydrogen (secondary N) is 2. The number of amides is 1. The maximum Gasteiger partial charge on any atom is 0.269 e. The fourth-order valence-corrected chi connectivity index (χ4v) is 3.96. The van der Waals surface area contributed by atoms with Crippen molar-refractivity contribution in [1.29, 1.82) is 0 Å². The summed E-state index contributed by atoms with van der Waals surface area (Å²) >= 11 is 0. The highest BCUT2D eigenvalue weighted by Gasteiger charge is 2.26. The van der Waals surface area contributed by atoms with Crippen molar-refractivity contribution in [3.63, 3.8) is 0 Å². The summed E-state index contributed by atoms with van der Waals surface area (Å²) in [6.45, 7) is 4.28. The molecule has 1 saturated heterocycles. The molecule has 0 radical (unpaired) electrons. The van der Waals surface area contributed by atoms with Gasteiger partial charge in [0.2, 0.25) is 15.9 Å². The second kappa shape index (κ2) is 10.5. The smallest absolute Gasteiger partial charge is 0.269 e. The highest BCUT2D eigenvalue weighted by atomic mass is 35.5. The van der Waals surface area contributed by atoms with E-state index in [1.54, 1.807) is 0 Å². The Morgan fingerprint density at radius 1 is 1.37 bits per heavy atom. The summed E-state index contributed by atoms with van der Waals surface area (Å²) in [4.78, 5) is 24.2. The topological polar surface area (TPSA) is 122 Å². The lowest BCUT2D eigenvalue weighted by Gasteiger charge is -2.28. The van der Waals surface area contributed by atoms with E-state index < -0.39 is 14.9 Å². The van der Waals surface area contributed by atoms with Gasteiger partial charge in [-0.1, -0.05) is 6.92 Å². The second-order valence-corrected chi connectivity index (χ2v) is 7.90. The highest BCUT2D eigenvalue weighted by molar-refractivity contribution is 7.89. The Morgan fingerprint density at radius 3 is 2.56 bits per heavy atom. The van der Waals surface area contributed by atoms with Gasteiger partial charge in [0.25, 0.3) is 5.69 Å². The third-order valence-electron chi connectivity index (χ3n) is 4.25. The van der Waals surface area contributed by atoms with E-state index in [1.807, 2.05) is 11.8 Å². The lowest BCUT2D eigenvalue weighted by Crippen LogP contribution is -2.43. The van der Waals surface area contributed by atoms with Crippen LogP contribution in [0.25, 0.3) is 0 Å². The standard InChI is InChI=1S/C16H24N4O5S.ClH/c1-2-11-19(14-7-9-17-12-14)16(21)8-10-18-26(24,25)15-5-3-13(4-6-15)20(22)23;/h3-6,14,17-18H,2,7-12H2,1H3;1H.